The number of hydrogen-bond acceptors (Lipinski definition) is 3. The standard InChI is InChI=1S/C16H16F4N4O/c17-11-3-1-2-4-13(11)24-14(16(18,19)20)10(7-23-24)15(25)22-8-12(21)9-5-6-9/h1-4,7,9,12H,5-6,8,21H2,(H,22,25). The topological polar surface area (TPSA) is 72.9 Å². The summed E-state index contributed by atoms with van der Waals surface area (Å²) in [7, 11) is 0. The Hall–Kier alpha value is -2.42. The predicted octanol–water partition coefficient (Wildman–Crippen LogP) is 2.50. The van der Waals surface area contributed by atoms with Crippen molar-refractivity contribution in [3.63, 3.8) is 0 Å². The number of benzene rings is 1. The van der Waals surface area contributed by atoms with Crippen LogP contribution in [0, 0.1) is 11.7 Å². The van der Waals surface area contributed by atoms with Gasteiger partial charge >= 0.3 is 6.18 Å². The zero-order valence-electron chi connectivity index (χ0n) is 13.1. The van der Waals surface area contributed by atoms with E-state index in [1.807, 2.05) is 0 Å². The number of nitrogens with two attached hydrogens (primary N) is 1. The molecule has 5 nitrogen and oxygen atoms in total. The van der Waals surface area contributed by atoms with Gasteiger partial charge in [0.25, 0.3) is 5.91 Å². The second kappa shape index (κ2) is 6.47. The lowest BCUT2D eigenvalue weighted by molar-refractivity contribution is -0.143. The summed E-state index contributed by atoms with van der Waals surface area (Å²) in [5, 5.41) is 5.97. The first-order chi connectivity index (χ1) is 11.8. The number of alkyl halides is 3. The Kier molecular flexibility index (Phi) is 4.51. The van der Waals surface area contributed by atoms with Gasteiger partial charge in [-0.3, -0.25) is 4.79 Å². The lowest BCUT2D eigenvalue weighted by Gasteiger charge is -2.14. The van der Waals surface area contributed by atoms with E-state index in [4.69, 9.17) is 5.73 Å². The number of aromatic nitrogens is 2. The zero-order valence-corrected chi connectivity index (χ0v) is 13.1. The molecule has 1 aliphatic carbocycles. The summed E-state index contributed by atoms with van der Waals surface area (Å²) in [5.41, 5.74) is 3.46. The largest absolute Gasteiger partial charge is 0.434 e. The Balaban J connectivity index is 1.92. The van der Waals surface area contributed by atoms with E-state index >= 15 is 0 Å². The number of halogens is 4. The average Bonchev–Trinajstić information content (AvgIpc) is 3.30. The van der Waals surface area contributed by atoms with E-state index in [1.54, 1.807) is 0 Å². The monoisotopic (exact) mass is 356 g/mol. The van der Waals surface area contributed by atoms with Crippen molar-refractivity contribution in [1.82, 2.24) is 15.1 Å². The molecule has 0 bridgehead atoms. The normalized spacial score (nSPS) is 15.9. The van der Waals surface area contributed by atoms with Gasteiger partial charge in [0.05, 0.1) is 11.8 Å². The molecule has 2 aromatic rings. The van der Waals surface area contributed by atoms with E-state index < -0.39 is 29.2 Å². The SMILES string of the molecule is NC(CNC(=O)c1cnn(-c2ccccc2F)c1C(F)(F)F)C1CC1. The van der Waals surface area contributed by atoms with Crippen LogP contribution >= 0.6 is 0 Å². The Morgan fingerprint density at radius 3 is 2.64 bits per heavy atom. The molecule has 1 fully saturated rings. The Morgan fingerprint density at radius 1 is 1.36 bits per heavy atom. The van der Waals surface area contributed by atoms with Crippen molar-refractivity contribution >= 4 is 5.91 Å². The first kappa shape index (κ1) is 17.4. The van der Waals surface area contributed by atoms with E-state index in [0.29, 0.717) is 10.6 Å². The van der Waals surface area contributed by atoms with Crippen molar-refractivity contribution in [2.24, 2.45) is 11.7 Å². The summed E-state index contributed by atoms with van der Waals surface area (Å²) in [6, 6.07) is 4.62. The van der Waals surface area contributed by atoms with Crippen LogP contribution in [0.15, 0.2) is 30.5 Å². The Morgan fingerprint density at radius 2 is 2.04 bits per heavy atom. The van der Waals surface area contributed by atoms with E-state index in [-0.39, 0.29) is 18.3 Å². The van der Waals surface area contributed by atoms with Crippen LogP contribution in [0.25, 0.3) is 5.69 Å². The zero-order chi connectivity index (χ0) is 18.2. The molecular formula is C16H16F4N4O. The molecule has 1 aliphatic rings. The fraction of sp³-hybridized carbons (Fsp3) is 0.375. The minimum absolute atomic E-state index is 0.0751. The number of nitrogens with zero attached hydrogens (tertiary/aromatic N) is 2. The smallest absolute Gasteiger partial charge is 0.350 e. The second-order valence-corrected chi connectivity index (χ2v) is 5.98. The third-order valence-corrected chi connectivity index (χ3v) is 4.09. The molecule has 0 aliphatic heterocycles. The van der Waals surface area contributed by atoms with Crippen LogP contribution in [-0.4, -0.2) is 28.3 Å². The van der Waals surface area contributed by atoms with E-state index in [2.05, 4.69) is 10.4 Å². The molecule has 1 aromatic heterocycles. The van der Waals surface area contributed by atoms with Crippen molar-refractivity contribution < 1.29 is 22.4 Å². The molecule has 134 valence electrons. The molecule has 1 saturated carbocycles. The molecule has 1 unspecified atom stereocenters. The molecule has 0 spiro atoms. The fourth-order valence-electron chi connectivity index (χ4n) is 2.59. The molecule has 3 N–H and O–H groups in total. The van der Waals surface area contributed by atoms with Crippen molar-refractivity contribution in [2.75, 3.05) is 6.54 Å². The lowest BCUT2D eigenvalue weighted by atomic mass is 10.1. The van der Waals surface area contributed by atoms with Gasteiger partial charge in [0.1, 0.15) is 11.5 Å². The summed E-state index contributed by atoms with van der Waals surface area (Å²) >= 11 is 0. The summed E-state index contributed by atoms with van der Waals surface area (Å²) in [5.74, 6) is -1.52. The number of carbonyl (C=O) groups is 1. The van der Waals surface area contributed by atoms with Crippen molar-refractivity contribution in [2.45, 2.75) is 25.1 Å². The highest BCUT2D eigenvalue weighted by atomic mass is 19.4. The van der Waals surface area contributed by atoms with Gasteiger partial charge < -0.3 is 11.1 Å². The average molecular weight is 356 g/mol. The van der Waals surface area contributed by atoms with Gasteiger partial charge in [0.15, 0.2) is 5.69 Å². The van der Waals surface area contributed by atoms with E-state index in [0.717, 1.165) is 31.2 Å². The Bertz CT molecular complexity index is 783. The summed E-state index contributed by atoms with van der Waals surface area (Å²) < 4.78 is 54.7. The fourth-order valence-corrected chi connectivity index (χ4v) is 2.59. The van der Waals surface area contributed by atoms with Crippen molar-refractivity contribution in [1.29, 1.82) is 0 Å². The lowest BCUT2D eigenvalue weighted by Crippen LogP contribution is -2.39. The maximum absolute atomic E-state index is 13.9. The third-order valence-electron chi connectivity index (χ3n) is 4.09. The summed E-state index contributed by atoms with van der Waals surface area (Å²) in [4.78, 5) is 12.2. The third kappa shape index (κ3) is 3.65. The van der Waals surface area contributed by atoms with Crippen LogP contribution in [0.1, 0.15) is 28.9 Å². The maximum atomic E-state index is 13.9. The number of para-hydroxylation sites is 1. The molecular weight excluding hydrogens is 340 g/mol. The van der Waals surface area contributed by atoms with Gasteiger partial charge in [0.2, 0.25) is 0 Å². The number of nitrogens with one attached hydrogen (secondary N) is 1. The molecule has 1 atom stereocenters. The maximum Gasteiger partial charge on any atom is 0.434 e. The summed E-state index contributed by atoms with van der Waals surface area (Å²) in [6.45, 7) is 0.0751. The minimum Gasteiger partial charge on any atom is -0.350 e. The Labute approximate surface area is 140 Å². The minimum atomic E-state index is -4.88. The van der Waals surface area contributed by atoms with E-state index in [1.165, 1.54) is 12.1 Å². The number of rotatable bonds is 5. The van der Waals surface area contributed by atoms with Crippen molar-refractivity contribution in [3.05, 3.63) is 47.5 Å². The molecule has 1 aromatic carbocycles. The quantitative estimate of drug-likeness (QED) is 0.809. The van der Waals surface area contributed by atoms with Crippen LogP contribution in [0.5, 0.6) is 0 Å². The van der Waals surface area contributed by atoms with Gasteiger partial charge in [-0.25, -0.2) is 9.07 Å². The summed E-state index contributed by atoms with van der Waals surface area (Å²) in [6.07, 6.45) is -2.19. The van der Waals surface area contributed by atoms with Crippen LogP contribution in [-0.2, 0) is 6.18 Å². The first-order valence-corrected chi connectivity index (χ1v) is 7.73. The molecule has 0 saturated heterocycles. The molecule has 25 heavy (non-hydrogen) atoms. The predicted molar refractivity (Wildman–Crippen MR) is 81.6 cm³/mol. The first-order valence-electron chi connectivity index (χ1n) is 7.73. The van der Waals surface area contributed by atoms with Crippen LogP contribution in [0.4, 0.5) is 17.6 Å². The highest BCUT2D eigenvalue weighted by molar-refractivity contribution is 5.95. The van der Waals surface area contributed by atoms with Gasteiger partial charge in [-0.2, -0.15) is 18.3 Å². The van der Waals surface area contributed by atoms with Crippen molar-refractivity contribution in [3.8, 4) is 5.69 Å². The molecule has 9 heteroatoms. The van der Waals surface area contributed by atoms with Gasteiger partial charge in [-0.1, -0.05) is 12.1 Å². The van der Waals surface area contributed by atoms with Gasteiger partial charge in [-0.05, 0) is 30.9 Å². The number of carbonyl (C=O) groups excluding carboxylic acids is 1. The van der Waals surface area contributed by atoms with E-state index in [9.17, 15) is 22.4 Å². The second-order valence-electron chi connectivity index (χ2n) is 5.98. The molecule has 1 amide bonds. The van der Waals surface area contributed by atoms with Crippen LogP contribution < -0.4 is 11.1 Å². The van der Waals surface area contributed by atoms with Gasteiger partial charge in [0, 0.05) is 12.6 Å². The van der Waals surface area contributed by atoms with Crippen LogP contribution in [0.2, 0.25) is 0 Å². The number of hydrogen-bond donors (Lipinski definition) is 2. The highest BCUT2D eigenvalue weighted by Gasteiger charge is 2.41. The molecule has 1 heterocycles. The van der Waals surface area contributed by atoms with Gasteiger partial charge in [-0.15, -0.1) is 0 Å². The molecule has 0 radical (unpaired) electrons. The van der Waals surface area contributed by atoms with Crippen LogP contribution in [0.3, 0.4) is 0 Å². The highest BCUT2D eigenvalue weighted by Crippen LogP contribution is 2.34. The number of amides is 1. The molecule has 3 rings (SSSR count).